The van der Waals surface area contributed by atoms with E-state index >= 15 is 0 Å². The van der Waals surface area contributed by atoms with Crippen LogP contribution in [-0.4, -0.2) is 23.3 Å². The molecule has 0 aromatic heterocycles. The first-order chi connectivity index (χ1) is 16.7. The lowest BCUT2D eigenvalue weighted by molar-refractivity contribution is -0.160. The van der Waals surface area contributed by atoms with Crippen LogP contribution in [0.15, 0.2) is 34.9 Å². The standard InChI is InChI=1S/C33H52O3/c1-19(2)20(3)11-12-21(4)25-14-15-26-24-13-16-27-31(7,8)28(35)17-18-32(27,9)29(24)22(5)30(33(25,26)10)36-23(6)34/h15,19,21-22,25,27-28,30,35H,3,11-14,16-18H2,1-2,4-10H3/t21-,22-,25-,27?,28+,30+,32+,33-/m1/s1. The molecule has 0 spiro atoms. The minimum Gasteiger partial charge on any atom is -0.461 e. The molecular weight excluding hydrogens is 444 g/mol. The molecule has 0 aliphatic heterocycles. The minimum atomic E-state index is -0.248. The van der Waals surface area contributed by atoms with Crippen molar-refractivity contribution in [3.8, 4) is 0 Å². The number of ether oxygens (including phenoxy) is 1. The van der Waals surface area contributed by atoms with Gasteiger partial charge in [-0.1, -0.05) is 79.2 Å². The number of aliphatic hydroxyl groups is 1. The van der Waals surface area contributed by atoms with Crippen LogP contribution in [0.5, 0.6) is 0 Å². The van der Waals surface area contributed by atoms with Gasteiger partial charge in [-0.05, 0) is 90.6 Å². The quantitative estimate of drug-likeness (QED) is 0.299. The van der Waals surface area contributed by atoms with E-state index in [0.717, 1.165) is 44.9 Å². The molecule has 1 fully saturated rings. The zero-order chi connectivity index (χ0) is 26.8. The number of fused-ring (bicyclic) bond motifs is 4. The van der Waals surface area contributed by atoms with Gasteiger partial charge in [0.05, 0.1) is 6.10 Å². The summed E-state index contributed by atoms with van der Waals surface area (Å²) in [4.78, 5) is 12.5. The first kappa shape index (κ1) is 27.7. The Labute approximate surface area is 220 Å². The molecule has 3 nitrogen and oxygen atoms in total. The first-order valence-electron chi connectivity index (χ1n) is 14.6. The van der Waals surface area contributed by atoms with Crippen molar-refractivity contribution in [2.45, 2.75) is 119 Å². The van der Waals surface area contributed by atoms with Crippen LogP contribution < -0.4 is 0 Å². The Morgan fingerprint density at radius 1 is 1.19 bits per heavy atom. The summed E-state index contributed by atoms with van der Waals surface area (Å²) in [7, 11) is 0. The summed E-state index contributed by atoms with van der Waals surface area (Å²) in [5.41, 5.74) is 5.69. The summed E-state index contributed by atoms with van der Waals surface area (Å²) < 4.78 is 6.33. The highest BCUT2D eigenvalue weighted by Gasteiger charge is 2.62. The molecule has 1 saturated carbocycles. The highest BCUT2D eigenvalue weighted by molar-refractivity contribution is 5.67. The van der Waals surface area contributed by atoms with E-state index in [1.54, 1.807) is 12.5 Å². The largest absolute Gasteiger partial charge is 0.461 e. The van der Waals surface area contributed by atoms with Gasteiger partial charge in [-0.2, -0.15) is 0 Å². The van der Waals surface area contributed by atoms with Crippen LogP contribution in [0, 0.1) is 45.8 Å². The number of carbonyl (C=O) groups is 1. The number of allylic oxidation sites excluding steroid dienone is 3. The SMILES string of the molecule is C=C(CC[C@@H](C)[C@H]1CC=C2C3=C([C@@H](C)[C@H](OC(C)=O)[C@@]21C)[C@@]1(C)CC[C@H](O)C(C)(C)C1CC3)C(C)C. The molecular formula is C33H52O3. The molecule has 1 N–H and O–H groups in total. The van der Waals surface area contributed by atoms with Crippen molar-refractivity contribution < 1.29 is 14.6 Å². The van der Waals surface area contributed by atoms with E-state index in [1.165, 1.54) is 16.7 Å². The average Bonchev–Trinajstić information content (AvgIpc) is 3.15. The Morgan fingerprint density at radius 2 is 1.86 bits per heavy atom. The molecule has 0 saturated heterocycles. The van der Waals surface area contributed by atoms with Crippen molar-refractivity contribution in [2.75, 3.05) is 0 Å². The molecule has 0 aromatic carbocycles. The topological polar surface area (TPSA) is 46.5 Å². The summed E-state index contributed by atoms with van der Waals surface area (Å²) in [6, 6.07) is 0. The molecule has 4 rings (SSSR count). The van der Waals surface area contributed by atoms with E-state index in [9.17, 15) is 9.90 Å². The van der Waals surface area contributed by atoms with Crippen molar-refractivity contribution in [1.29, 1.82) is 0 Å². The predicted molar refractivity (Wildman–Crippen MR) is 148 cm³/mol. The summed E-state index contributed by atoms with van der Waals surface area (Å²) in [5, 5.41) is 10.9. The van der Waals surface area contributed by atoms with Crippen molar-refractivity contribution in [2.24, 2.45) is 45.8 Å². The second-order valence-electron chi connectivity index (χ2n) is 14.2. The summed E-state index contributed by atoms with van der Waals surface area (Å²) >= 11 is 0. The lowest BCUT2D eigenvalue weighted by Crippen LogP contribution is -2.57. The van der Waals surface area contributed by atoms with Gasteiger partial charge in [0.25, 0.3) is 0 Å². The molecule has 0 heterocycles. The summed E-state index contributed by atoms with van der Waals surface area (Å²) in [6.45, 7) is 24.5. The smallest absolute Gasteiger partial charge is 0.302 e. The Balaban J connectivity index is 1.76. The maximum absolute atomic E-state index is 12.5. The molecule has 0 amide bonds. The zero-order valence-electron chi connectivity index (χ0n) is 24.5. The van der Waals surface area contributed by atoms with Crippen molar-refractivity contribution in [3.63, 3.8) is 0 Å². The Morgan fingerprint density at radius 3 is 2.47 bits per heavy atom. The van der Waals surface area contributed by atoms with Crippen LogP contribution >= 0.6 is 0 Å². The van der Waals surface area contributed by atoms with Gasteiger partial charge in [-0.3, -0.25) is 4.79 Å². The highest BCUT2D eigenvalue weighted by Crippen LogP contribution is 2.68. The van der Waals surface area contributed by atoms with Gasteiger partial charge in [0.15, 0.2) is 0 Å². The number of hydrogen-bond donors (Lipinski definition) is 1. The van der Waals surface area contributed by atoms with E-state index in [1.807, 2.05) is 0 Å². The Kier molecular flexibility index (Phi) is 7.26. The lowest BCUT2D eigenvalue weighted by atomic mass is 9.44. The lowest BCUT2D eigenvalue weighted by Gasteiger charge is -2.61. The average molecular weight is 497 g/mol. The maximum Gasteiger partial charge on any atom is 0.302 e. The number of carbonyl (C=O) groups excluding carboxylic acids is 1. The maximum atomic E-state index is 12.5. The molecule has 4 aliphatic carbocycles. The third-order valence-corrected chi connectivity index (χ3v) is 11.6. The van der Waals surface area contributed by atoms with Gasteiger partial charge < -0.3 is 9.84 Å². The highest BCUT2D eigenvalue weighted by atomic mass is 16.5. The van der Waals surface area contributed by atoms with E-state index in [4.69, 9.17) is 4.74 Å². The second kappa shape index (κ2) is 9.44. The second-order valence-corrected chi connectivity index (χ2v) is 14.2. The van der Waals surface area contributed by atoms with Crippen LogP contribution in [0.3, 0.4) is 0 Å². The van der Waals surface area contributed by atoms with Gasteiger partial charge in [0.1, 0.15) is 6.10 Å². The summed E-state index contributed by atoms with van der Waals surface area (Å²) in [5.74, 6) is 1.97. The number of hydrogen-bond acceptors (Lipinski definition) is 3. The molecule has 3 heteroatoms. The fraction of sp³-hybridized carbons (Fsp3) is 0.788. The van der Waals surface area contributed by atoms with Gasteiger partial charge in [-0.15, -0.1) is 0 Å². The Bertz CT molecular complexity index is 967. The summed E-state index contributed by atoms with van der Waals surface area (Å²) in [6.07, 6.45) is 9.46. The molecule has 0 aromatic rings. The number of esters is 1. The molecule has 202 valence electrons. The zero-order valence-corrected chi connectivity index (χ0v) is 24.5. The normalized spacial score (nSPS) is 40.2. The van der Waals surface area contributed by atoms with Crippen molar-refractivity contribution in [3.05, 3.63) is 34.9 Å². The van der Waals surface area contributed by atoms with Gasteiger partial charge in [-0.25, -0.2) is 0 Å². The van der Waals surface area contributed by atoms with Crippen molar-refractivity contribution >= 4 is 5.97 Å². The number of rotatable bonds is 6. The first-order valence-corrected chi connectivity index (χ1v) is 14.6. The molecule has 0 radical (unpaired) electrons. The molecule has 4 aliphatic rings. The fourth-order valence-electron chi connectivity index (χ4n) is 9.41. The van der Waals surface area contributed by atoms with Gasteiger partial charge in [0.2, 0.25) is 0 Å². The third-order valence-electron chi connectivity index (χ3n) is 11.6. The van der Waals surface area contributed by atoms with Gasteiger partial charge in [0, 0.05) is 18.3 Å². The van der Waals surface area contributed by atoms with E-state index in [-0.39, 0.29) is 40.3 Å². The van der Waals surface area contributed by atoms with Crippen LogP contribution in [-0.2, 0) is 9.53 Å². The van der Waals surface area contributed by atoms with Crippen LogP contribution in [0.2, 0.25) is 0 Å². The minimum absolute atomic E-state index is 0.0367. The van der Waals surface area contributed by atoms with Crippen LogP contribution in [0.1, 0.15) is 107 Å². The fourth-order valence-corrected chi connectivity index (χ4v) is 9.41. The van der Waals surface area contributed by atoms with Crippen LogP contribution in [0.4, 0.5) is 0 Å². The monoisotopic (exact) mass is 496 g/mol. The van der Waals surface area contributed by atoms with Crippen LogP contribution in [0.25, 0.3) is 0 Å². The van der Waals surface area contributed by atoms with E-state index in [0.29, 0.717) is 23.7 Å². The Hall–Kier alpha value is -1.35. The van der Waals surface area contributed by atoms with Gasteiger partial charge >= 0.3 is 5.97 Å². The van der Waals surface area contributed by atoms with E-state index in [2.05, 4.69) is 68.0 Å². The number of aliphatic hydroxyl groups excluding tert-OH is 1. The van der Waals surface area contributed by atoms with Crippen molar-refractivity contribution in [1.82, 2.24) is 0 Å². The molecule has 1 unspecified atom stereocenters. The van der Waals surface area contributed by atoms with E-state index < -0.39 is 0 Å². The molecule has 0 bridgehead atoms. The molecule has 36 heavy (non-hydrogen) atoms. The predicted octanol–water partition coefficient (Wildman–Crippen LogP) is 8.04. The third kappa shape index (κ3) is 4.07. The molecule has 8 atom stereocenters.